The third kappa shape index (κ3) is 6.50. The smallest absolute Gasteiger partial charge is 0.248 e. The van der Waals surface area contributed by atoms with Crippen molar-refractivity contribution in [3.63, 3.8) is 0 Å². The highest BCUT2D eigenvalue weighted by Crippen LogP contribution is 2.37. The highest BCUT2D eigenvalue weighted by molar-refractivity contribution is 9.10. The second-order valence-electron chi connectivity index (χ2n) is 11.7. The number of fused-ring (bicyclic) bond motifs is 1. The fraction of sp³-hybridized carbons (Fsp3) is 0.464. The monoisotopic (exact) mass is 631 g/mol. The number of anilines is 1. The molecule has 3 heterocycles. The van der Waals surface area contributed by atoms with Gasteiger partial charge in [0, 0.05) is 18.7 Å². The van der Waals surface area contributed by atoms with Gasteiger partial charge in [0.05, 0.1) is 18.7 Å². The second-order valence-corrected chi connectivity index (χ2v) is 17.3. The fourth-order valence-corrected chi connectivity index (χ4v) is 5.70. The van der Waals surface area contributed by atoms with Crippen molar-refractivity contribution >= 4 is 58.6 Å². The van der Waals surface area contributed by atoms with E-state index in [-0.39, 0.29) is 36.0 Å². The van der Waals surface area contributed by atoms with E-state index in [0.29, 0.717) is 27.9 Å². The minimum Gasteiger partial charge on any atom is -0.413 e. The number of alkyl halides is 1. The van der Waals surface area contributed by atoms with Crippen LogP contribution < -0.4 is 5.32 Å². The lowest BCUT2D eigenvalue weighted by atomic mass is 10.1. The normalized spacial score (nSPS) is 17.9. The molecule has 2 amide bonds. The maximum absolute atomic E-state index is 14.5. The molecular formula is C28H35BrFN5O4Si. The van der Waals surface area contributed by atoms with Crippen LogP contribution >= 0.6 is 15.9 Å². The first-order chi connectivity index (χ1) is 18.7. The number of nitrogens with one attached hydrogen (secondary N) is 1. The fourth-order valence-electron chi connectivity index (χ4n) is 4.39. The van der Waals surface area contributed by atoms with Crippen molar-refractivity contribution in [3.8, 4) is 0 Å². The molecule has 1 N–H and O–H groups in total. The van der Waals surface area contributed by atoms with Gasteiger partial charge < -0.3 is 14.6 Å². The number of carbonyl (C=O) groups is 3. The zero-order valence-electron chi connectivity index (χ0n) is 23.6. The average Bonchev–Trinajstić information content (AvgIpc) is 3.43. The van der Waals surface area contributed by atoms with E-state index >= 15 is 0 Å². The first-order valence-corrected chi connectivity index (χ1v) is 16.9. The number of pyridine rings is 1. The van der Waals surface area contributed by atoms with Crippen LogP contribution in [0.25, 0.3) is 10.9 Å². The summed E-state index contributed by atoms with van der Waals surface area (Å²) in [5.74, 6) is -0.915. The number of aromatic nitrogens is 3. The molecule has 3 aromatic rings. The predicted octanol–water partition coefficient (Wildman–Crippen LogP) is 5.50. The van der Waals surface area contributed by atoms with E-state index in [1.165, 1.54) is 16.5 Å². The maximum Gasteiger partial charge on any atom is 0.248 e. The molecule has 0 radical (unpaired) electrons. The van der Waals surface area contributed by atoms with E-state index in [9.17, 15) is 18.8 Å². The van der Waals surface area contributed by atoms with Crippen LogP contribution in [0.1, 0.15) is 50.2 Å². The summed E-state index contributed by atoms with van der Waals surface area (Å²) in [6.45, 7) is 12.3. The predicted molar refractivity (Wildman–Crippen MR) is 157 cm³/mol. The summed E-state index contributed by atoms with van der Waals surface area (Å²) in [7, 11) is -1.98. The Labute approximate surface area is 242 Å². The Balaban J connectivity index is 1.55. The van der Waals surface area contributed by atoms with E-state index in [1.54, 1.807) is 18.2 Å². The minimum atomic E-state index is -1.98. The molecule has 12 heteroatoms. The van der Waals surface area contributed by atoms with Gasteiger partial charge >= 0.3 is 0 Å². The van der Waals surface area contributed by atoms with Gasteiger partial charge in [0.1, 0.15) is 34.9 Å². The molecule has 40 heavy (non-hydrogen) atoms. The summed E-state index contributed by atoms with van der Waals surface area (Å²) in [5, 5.41) is 7.78. The van der Waals surface area contributed by atoms with Crippen molar-refractivity contribution in [2.75, 3.05) is 11.9 Å². The minimum absolute atomic E-state index is 0.0598. The Kier molecular flexibility index (Phi) is 8.62. The van der Waals surface area contributed by atoms with Gasteiger partial charge in [-0.1, -0.05) is 32.9 Å². The molecule has 1 fully saturated rings. The summed E-state index contributed by atoms with van der Waals surface area (Å²) < 4.78 is 22.8. The molecule has 2 atom stereocenters. The van der Waals surface area contributed by atoms with E-state index in [2.05, 4.69) is 65.2 Å². The number of halogens is 2. The molecule has 1 aromatic carbocycles. The number of hydrogen-bond acceptors (Lipinski definition) is 6. The Morgan fingerprint density at radius 2 is 1.93 bits per heavy atom. The van der Waals surface area contributed by atoms with Crippen molar-refractivity contribution in [2.45, 2.75) is 77.6 Å². The topological polar surface area (TPSA) is 106 Å². The van der Waals surface area contributed by atoms with Crippen molar-refractivity contribution in [3.05, 3.63) is 52.3 Å². The summed E-state index contributed by atoms with van der Waals surface area (Å²) in [6.07, 6.45) is -1.44. The van der Waals surface area contributed by atoms with Crippen LogP contribution in [0.5, 0.6) is 0 Å². The van der Waals surface area contributed by atoms with Gasteiger partial charge in [-0.3, -0.25) is 19.1 Å². The molecule has 4 rings (SSSR count). The van der Waals surface area contributed by atoms with Crippen LogP contribution in [-0.4, -0.2) is 64.3 Å². The molecule has 0 aliphatic carbocycles. The molecule has 1 aliphatic heterocycles. The quantitative estimate of drug-likeness (QED) is 0.200. The average molecular weight is 633 g/mol. The summed E-state index contributed by atoms with van der Waals surface area (Å²) in [6, 6.07) is 9.64. The largest absolute Gasteiger partial charge is 0.413 e. The zero-order valence-corrected chi connectivity index (χ0v) is 26.2. The molecule has 1 aliphatic rings. The third-order valence-electron chi connectivity index (χ3n) is 7.68. The number of nitrogens with zero attached hydrogens (tertiary/aromatic N) is 4. The Morgan fingerprint density at radius 1 is 1.20 bits per heavy atom. The highest BCUT2D eigenvalue weighted by atomic mass is 79.9. The molecule has 0 saturated carbocycles. The van der Waals surface area contributed by atoms with E-state index in [1.807, 2.05) is 18.2 Å². The lowest BCUT2D eigenvalue weighted by molar-refractivity contribution is -0.137. The van der Waals surface area contributed by atoms with Crippen molar-refractivity contribution in [2.24, 2.45) is 0 Å². The molecule has 214 valence electrons. The van der Waals surface area contributed by atoms with Crippen LogP contribution in [0, 0.1) is 0 Å². The number of benzene rings is 1. The summed E-state index contributed by atoms with van der Waals surface area (Å²) >= 11 is 3.25. The first-order valence-electron chi connectivity index (χ1n) is 13.2. The third-order valence-corrected chi connectivity index (χ3v) is 12.6. The van der Waals surface area contributed by atoms with Gasteiger partial charge in [-0.05, 0) is 63.9 Å². The van der Waals surface area contributed by atoms with E-state index in [0.717, 1.165) is 5.56 Å². The van der Waals surface area contributed by atoms with Crippen LogP contribution in [0.2, 0.25) is 18.1 Å². The number of Topliss-reactive ketones (excluding diaryl/α,β-unsaturated/α-hetero) is 1. The standard InChI is InChI=1S/C28H35BrFN5O4Si/c1-17(36)26-20-12-18(16-39-40(5,6)28(2,3)4)10-11-21(20)35(33-26)15-25(37)34-14-19(30)13-22(34)27(38)32-24-9-7-8-23(29)31-24/h7-12,19,22H,13-16H2,1-6H3,(H,31,32,38)/t19-,22+/m1/s1. The molecule has 0 bridgehead atoms. The zero-order chi connectivity index (χ0) is 29.4. The molecular weight excluding hydrogens is 597 g/mol. The van der Waals surface area contributed by atoms with Gasteiger partial charge in [0.2, 0.25) is 11.8 Å². The lowest BCUT2D eigenvalue weighted by Crippen LogP contribution is -2.44. The molecule has 1 saturated heterocycles. The molecule has 9 nitrogen and oxygen atoms in total. The van der Waals surface area contributed by atoms with Gasteiger partial charge in [0.25, 0.3) is 0 Å². The first kappa shape index (κ1) is 30.0. The van der Waals surface area contributed by atoms with Crippen molar-refractivity contribution < 1.29 is 23.2 Å². The van der Waals surface area contributed by atoms with Gasteiger partial charge in [-0.2, -0.15) is 5.10 Å². The highest BCUT2D eigenvalue weighted by Gasteiger charge is 2.40. The number of carbonyl (C=O) groups excluding carboxylic acids is 3. The van der Waals surface area contributed by atoms with Crippen LogP contribution in [-0.2, 0) is 27.2 Å². The summed E-state index contributed by atoms with van der Waals surface area (Å²) in [5.41, 5.74) is 1.75. The lowest BCUT2D eigenvalue weighted by Gasteiger charge is -2.36. The Hall–Kier alpha value is -2.96. The Bertz CT molecular complexity index is 1450. The number of amides is 2. The Morgan fingerprint density at radius 3 is 2.58 bits per heavy atom. The van der Waals surface area contributed by atoms with Gasteiger partial charge in [-0.15, -0.1) is 0 Å². The van der Waals surface area contributed by atoms with Gasteiger partial charge in [-0.25, -0.2) is 9.37 Å². The van der Waals surface area contributed by atoms with Gasteiger partial charge in [0.15, 0.2) is 14.1 Å². The van der Waals surface area contributed by atoms with Crippen LogP contribution in [0.4, 0.5) is 10.2 Å². The number of rotatable bonds is 8. The summed E-state index contributed by atoms with van der Waals surface area (Å²) in [4.78, 5) is 44.2. The SMILES string of the molecule is CC(=O)c1nn(CC(=O)N2C[C@H](F)C[C@H]2C(=O)Nc2cccc(Br)n2)c2ccc(CO[Si](C)(C)C(C)(C)C)cc12. The maximum atomic E-state index is 14.5. The van der Waals surface area contributed by atoms with Crippen LogP contribution in [0.3, 0.4) is 0 Å². The number of hydrogen-bond donors (Lipinski definition) is 1. The molecule has 2 aromatic heterocycles. The van der Waals surface area contributed by atoms with E-state index in [4.69, 9.17) is 4.43 Å². The number of ketones is 1. The molecule has 0 unspecified atom stereocenters. The number of likely N-dealkylation sites (tertiary alicyclic amines) is 1. The van der Waals surface area contributed by atoms with Crippen molar-refractivity contribution in [1.29, 1.82) is 0 Å². The molecule has 0 spiro atoms. The second kappa shape index (κ2) is 11.5. The van der Waals surface area contributed by atoms with E-state index < -0.39 is 32.3 Å². The van der Waals surface area contributed by atoms with Crippen molar-refractivity contribution in [1.82, 2.24) is 19.7 Å². The van der Waals surface area contributed by atoms with Crippen LogP contribution in [0.15, 0.2) is 41.0 Å².